The van der Waals surface area contributed by atoms with Crippen molar-refractivity contribution in [3.05, 3.63) is 0 Å². The van der Waals surface area contributed by atoms with Crippen LogP contribution in [0.25, 0.3) is 0 Å². The van der Waals surface area contributed by atoms with Gasteiger partial charge in [-0.25, -0.2) is 0 Å². The smallest absolute Gasteiger partial charge is 0.0889 e. The maximum Gasteiger partial charge on any atom is 0.0889 e. The first-order valence-corrected chi connectivity index (χ1v) is 4.05. The summed E-state index contributed by atoms with van der Waals surface area (Å²) in [6.45, 7) is 1.53. The van der Waals surface area contributed by atoms with Crippen molar-refractivity contribution in [3.8, 4) is 6.07 Å². The van der Waals surface area contributed by atoms with Crippen LogP contribution in [0.4, 0.5) is 0 Å². The average Bonchev–Trinajstić information content (AvgIpc) is 1.99. The molecule has 4 heteroatoms. The van der Waals surface area contributed by atoms with Crippen LogP contribution in [0, 0.1) is 11.3 Å². The number of hydrogen-bond donors (Lipinski definition) is 2. The zero-order chi connectivity index (χ0) is 7.98. The van der Waals surface area contributed by atoms with E-state index in [2.05, 4.69) is 0 Å². The van der Waals surface area contributed by atoms with Crippen molar-refractivity contribution >= 4 is 11.8 Å². The van der Waals surface area contributed by atoms with Crippen LogP contribution in [-0.2, 0) is 0 Å². The standard InChI is InChI=1S/C6H11NO2S/c1-5(2-7)10-4-6(9)3-8/h5-6,8-9H,3-4H2,1H3. The van der Waals surface area contributed by atoms with E-state index in [4.69, 9.17) is 15.5 Å². The van der Waals surface area contributed by atoms with Crippen molar-refractivity contribution in [1.82, 2.24) is 0 Å². The van der Waals surface area contributed by atoms with Crippen LogP contribution in [0.15, 0.2) is 0 Å². The fourth-order valence-electron chi connectivity index (χ4n) is 0.345. The lowest BCUT2D eigenvalue weighted by Crippen LogP contribution is -2.16. The summed E-state index contributed by atoms with van der Waals surface area (Å²) in [6, 6.07) is 2.01. The van der Waals surface area contributed by atoms with Crippen molar-refractivity contribution in [1.29, 1.82) is 5.26 Å². The van der Waals surface area contributed by atoms with Gasteiger partial charge in [-0.15, -0.1) is 11.8 Å². The Labute approximate surface area is 64.7 Å². The summed E-state index contributed by atoms with van der Waals surface area (Å²) >= 11 is 1.34. The van der Waals surface area contributed by atoms with Crippen molar-refractivity contribution in [3.63, 3.8) is 0 Å². The molecule has 0 aliphatic heterocycles. The normalized spacial score (nSPS) is 15.8. The number of thioether (sulfide) groups is 1. The Morgan fingerprint density at radius 2 is 2.30 bits per heavy atom. The molecule has 0 aliphatic carbocycles. The van der Waals surface area contributed by atoms with Crippen LogP contribution in [0.2, 0.25) is 0 Å². The lowest BCUT2D eigenvalue weighted by atomic mass is 10.4. The molecule has 0 fully saturated rings. The second-order valence-corrected chi connectivity index (χ2v) is 3.31. The van der Waals surface area contributed by atoms with Gasteiger partial charge in [0.2, 0.25) is 0 Å². The molecular weight excluding hydrogens is 150 g/mol. The first-order chi connectivity index (χ1) is 4.70. The molecule has 2 unspecified atom stereocenters. The molecule has 0 spiro atoms. The van der Waals surface area contributed by atoms with Gasteiger partial charge in [0, 0.05) is 5.75 Å². The molecule has 10 heavy (non-hydrogen) atoms. The number of aliphatic hydroxyl groups is 2. The van der Waals surface area contributed by atoms with Gasteiger partial charge >= 0.3 is 0 Å². The molecule has 2 atom stereocenters. The van der Waals surface area contributed by atoms with E-state index in [1.807, 2.05) is 6.07 Å². The first-order valence-electron chi connectivity index (χ1n) is 3.00. The Balaban J connectivity index is 3.28. The second-order valence-electron chi connectivity index (χ2n) is 1.94. The fraction of sp³-hybridized carbons (Fsp3) is 0.833. The van der Waals surface area contributed by atoms with Gasteiger partial charge < -0.3 is 10.2 Å². The lowest BCUT2D eigenvalue weighted by Gasteiger charge is -2.06. The van der Waals surface area contributed by atoms with Crippen LogP contribution in [0.3, 0.4) is 0 Å². The maximum atomic E-state index is 8.82. The largest absolute Gasteiger partial charge is 0.394 e. The summed E-state index contributed by atoms with van der Waals surface area (Å²) in [6.07, 6.45) is -0.694. The minimum Gasteiger partial charge on any atom is -0.394 e. The summed E-state index contributed by atoms with van der Waals surface area (Å²) in [5.41, 5.74) is 0. The van der Waals surface area contributed by atoms with Crippen LogP contribution in [-0.4, -0.2) is 33.9 Å². The third-order valence-corrected chi connectivity index (χ3v) is 2.11. The monoisotopic (exact) mass is 161 g/mol. The Hall–Kier alpha value is -0.240. The molecule has 0 bridgehead atoms. The quantitative estimate of drug-likeness (QED) is 0.608. The van der Waals surface area contributed by atoms with E-state index < -0.39 is 6.10 Å². The van der Waals surface area contributed by atoms with Gasteiger partial charge in [-0.3, -0.25) is 0 Å². The number of hydrogen-bond acceptors (Lipinski definition) is 4. The van der Waals surface area contributed by atoms with Gasteiger partial charge in [-0.2, -0.15) is 5.26 Å². The summed E-state index contributed by atoms with van der Waals surface area (Å²) in [5, 5.41) is 25.4. The van der Waals surface area contributed by atoms with E-state index in [0.29, 0.717) is 5.75 Å². The van der Waals surface area contributed by atoms with Crippen molar-refractivity contribution in [2.45, 2.75) is 18.3 Å². The SMILES string of the molecule is CC(C#N)SCC(O)CO. The minimum absolute atomic E-state index is 0.110. The summed E-state index contributed by atoms with van der Waals surface area (Å²) < 4.78 is 0. The van der Waals surface area contributed by atoms with Crippen molar-refractivity contribution in [2.75, 3.05) is 12.4 Å². The molecule has 0 heterocycles. The van der Waals surface area contributed by atoms with Gasteiger partial charge in [0.05, 0.1) is 24.0 Å². The topological polar surface area (TPSA) is 64.2 Å². The molecule has 0 saturated carbocycles. The molecule has 3 nitrogen and oxygen atoms in total. The molecule has 0 saturated heterocycles. The maximum absolute atomic E-state index is 8.82. The minimum atomic E-state index is -0.694. The molecule has 0 aromatic rings. The van der Waals surface area contributed by atoms with Crippen LogP contribution in [0.5, 0.6) is 0 Å². The Kier molecular flexibility index (Phi) is 5.40. The molecule has 0 aliphatic rings. The predicted octanol–water partition coefficient (Wildman–Crippen LogP) is -0.0151. The first kappa shape index (κ1) is 9.76. The molecule has 58 valence electrons. The number of nitrogens with zero attached hydrogens (tertiary/aromatic N) is 1. The zero-order valence-corrected chi connectivity index (χ0v) is 6.64. The molecule has 0 aromatic heterocycles. The van der Waals surface area contributed by atoms with E-state index in [9.17, 15) is 0 Å². The summed E-state index contributed by atoms with van der Waals surface area (Å²) in [7, 11) is 0. The van der Waals surface area contributed by atoms with Crippen LogP contribution < -0.4 is 0 Å². The van der Waals surface area contributed by atoms with E-state index in [1.165, 1.54) is 11.8 Å². The van der Waals surface area contributed by atoms with Gasteiger partial charge in [-0.1, -0.05) is 0 Å². The molecule has 0 amide bonds. The van der Waals surface area contributed by atoms with E-state index in [0.717, 1.165) is 0 Å². The highest BCUT2D eigenvalue weighted by atomic mass is 32.2. The van der Waals surface area contributed by atoms with E-state index >= 15 is 0 Å². The number of aliphatic hydroxyl groups excluding tert-OH is 2. The van der Waals surface area contributed by atoms with Crippen molar-refractivity contribution in [2.24, 2.45) is 0 Å². The Morgan fingerprint density at radius 3 is 2.70 bits per heavy atom. The number of nitriles is 1. The highest BCUT2D eigenvalue weighted by molar-refractivity contribution is 8.00. The molecule has 0 aromatic carbocycles. The van der Waals surface area contributed by atoms with Crippen LogP contribution in [0.1, 0.15) is 6.92 Å². The highest BCUT2D eigenvalue weighted by Crippen LogP contribution is 2.09. The fourth-order valence-corrected chi connectivity index (χ4v) is 1.04. The van der Waals surface area contributed by atoms with Gasteiger partial charge in [0.25, 0.3) is 0 Å². The Morgan fingerprint density at radius 1 is 1.70 bits per heavy atom. The number of rotatable bonds is 4. The van der Waals surface area contributed by atoms with Crippen LogP contribution >= 0.6 is 11.8 Å². The van der Waals surface area contributed by atoms with Crippen molar-refractivity contribution < 1.29 is 10.2 Å². The van der Waals surface area contributed by atoms with Gasteiger partial charge in [-0.05, 0) is 6.92 Å². The Bertz CT molecular complexity index is 123. The van der Waals surface area contributed by atoms with Gasteiger partial charge in [0.15, 0.2) is 0 Å². The summed E-state index contributed by atoms with van der Waals surface area (Å²) in [5.74, 6) is 0.422. The zero-order valence-electron chi connectivity index (χ0n) is 5.82. The average molecular weight is 161 g/mol. The van der Waals surface area contributed by atoms with Gasteiger partial charge in [0.1, 0.15) is 0 Å². The predicted molar refractivity (Wildman–Crippen MR) is 40.6 cm³/mol. The second kappa shape index (κ2) is 5.54. The summed E-state index contributed by atoms with van der Waals surface area (Å²) in [4.78, 5) is 0. The molecule has 0 radical (unpaired) electrons. The van der Waals surface area contributed by atoms with E-state index in [-0.39, 0.29) is 11.9 Å². The third kappa shape index (κ3) is 4.62. The molecule has 2 N–H and O–H groups in total. The lowest BCUT2D eigenvalue weighted by molar-refractivity contribution is 0.113. The van der Waals surface area contributed by atoms with E-state index in [1.54, 1.807) is 6.92 Å². The third-order valence-electron chi connectivity index (χ3n) is 0.931. The molecular formula is C6H11NO2S. The molecule has 0 rings (SSSR count). The highest BCUT2D eigenvalue weighted by Gasteiger charge is 2.05.